The molecule has 0 radical (unpaired) electrons. The summed E-state index contributed by atoms with van der Waals surface area (Å²) in [6, 6.07) is 7.93. The Morgan fingerprint density at radius 1 is 1.14 bits per heavy atom. The highest BCUT2D eigenvalue weighted by molar-refractivity contribution is 5.18. The van der Waals surface area contributed by atoms with Gasteiger partial charge in [0.05, 0.1) is 6.10 Å². The smallest absolute Gasteiger partial charge is 0.126 e. The molecule has 122 valence electrons. The Balaban J connectivity index is 1.67. The number of rotatable bonds is 4. The van der Waals surface area contributed by atoms with E-state index in [1.54, 1.807) is 19.2 Å². The minimum absolute atomic E-state index is 0.0767. The lowest BCUT2D eigenvalue weighted by Crippen LogP contribution is -2.49. The number of methoxy groups -OCH3 is 1. The standard InChI is InChI=1S/C19H28FNO/c1-22-19-11-12-21(17-8-3-2-4-9-17)14-16(19)13-15-7-5-6-10-18(15)20/h5-7,10,16-17,19H,2-4,8-9,11-14H2,1H3/t16-,19+/m1/s1. The van der Waals surface area contributed by atoms with E-state index in [1.807, 2.05) is 12.1 Å². The SMILES string of the molecule is CO[C@H]1CCN(C2CCCCC2)C[C@H]1Cc1ccccc1F. The van der Waals surface area contributed by atoms with Crippen LogP contribution in [-0.2, 0) is 11.2 Å². The van der Waals surface area contributed by atoms with Crippen LogP contribution in [0.5, 0.6) is 0 Å². The number of ether oxygens (including phenoxy) is 1. The molecule has 2 nitrogen and oxygen atoms in total. The highest BCUT2D eigenvalue weighted by atomic mass is 19.1. The highest BCUT2D eigenvalue weighted by Crippen LogP contribution is 2.30. The highest BCUT2D eigenvalue weighted by Gasteiger charge is 2.33. The molecule has 0 aromatic heterocycles. The lowest BCUT2D eigenvalue weighted by molar-refractivity contribution is -0.0232. The van der Waals surface area contributed by atoms with Crippen molar-refractivity contribution < 1.29 is 9.13 Å². The second-order valence-electron chi connectivity index (χ2n) is 6.91. The summed E-state index contributed by atoms with van der Waals surface area (Å²) in [5, 5.41) is 0. The van der Waals surface area contributed by atoms with Crippen molar-refractivity contribution in [1.29, 1.82) is 0 Å². The number of hydrogen-bond acceptors (Lipinski definition) is 2. The lowest BCUT2D eigenvalue weighted by Gasteiger charge is -2.43. The van der Waals surface area contributed by atoms with Crippen LogP contribution in [0.1, 0.15) is 44.1 Å². The third-order valence-electron chi connectivity index (χ3n) is 5.53. The number of halogens is 1. The van der Waals surface area contributed by atoms with Gasteiger partial charge in [-0.1, -0.05) is 37.5 Å². The molecule has 2 atom stereocenters. The fourth-order valence-corrected chi connectivity index (χ4v) is 4.27. The molecule has 2 fully saturated rings. The van der Waals surface area contributed by atoms with Crippen LogP contribution in [0, 0.1) is 11.7 Å². The van der Waals surface area contributed by atoms with E-state index >= 15 is 0 Å². The second kappa shape index (κ2) is 7.56. The number of piperidine rings is 1. The summed E-state index contributed by atoms with van der Waals surface area (Å²) < 4.78 is 19.7. The molecule has 2 aliphatic rings. The van der Waals surface area contributed by atoms with E-state index in [9.17, 15) is 4.39 Å². The van der Waals surface area contributed by atoms with Gasteiger partial charge in [-0.15, -0.1) is 0 Å². The molecule has 1 heterocycles. The molecule has 1 saturated carbocycles. The predicted molar refractivity (Wildman–Crippen MR) is 87.5 cm³/mol. The van der Waals surface area contributed by atoms with Crippen LogP contribution in [0.15, 0.2) is 24.3 Å². The second-order valence-corrected chi connectivity index (χ2v) is 6.91. The number of nitrogens with zero attached hydrogens (tertiary/aromatic N) is 1. The molecule has 1 aliphatic carbocycles. The largest absolute Gasteiger partial charge is 0.381 e. The minimum atomic E-state index is -0.0767. The Hall–Kier alpha value is -0.930. The summed E-state index contributed by atoms with van der Waals surface area (Å²) in [5.74, 6) is 0.324. The van der Waals surface area contributed by atoms with Crippen LogP contribution in [0.25, 0.3) is 0 Å². The van der Waals surface area contributed by atoms with Crippen molar-refractivity contribution in [3.8, 4) is 0 Å². The van der Waals surface area contributed by atoms with Crippen molar-refractivity contribution in [3.05, 3.63) is 35.6 Å². The van der Waals surface area contributed by atoms with Gasteiger partial charge in [0.15, 0.2) is 0 Å². The van der Waals surface area contributed by atoms with Gasteiger partial charge in [-0.3, -0.25) is 4.90 Å². The zero-order valence-corrected chi connectivity index (χ0v) is 13.6. The number of benzene rings is 1. The molecule has 0 amide bonds. The maximum atomic E-state index is 14.0. The van der Waals surface area contributed by atoms with E-state index in [0.29, 0.717) is 5.92 Å². The first kappa shape index (κ1) is 15.9. The van der Waals surface area contributed by atoms with Crippen LogP contribution in [0.2, 0.25) is 0 Å². The van der Waals surface area contributed by atoms with Crippen LogP contribution in [-0.4, -0.2) is 37.2 Å². The molecular formula is C19H28FNO. The van der Waals surface area contributed by atoms with Gasteiger partial charge in [0.2, 0.25) is 0 Å². The van der Waals surface area contributed by atoms with E-state index in [4.69, 9.17) is 4.74 Å². The average Bonchev–Trinajstić information content (AvgIpc) is 2.58. The van der Waals surface area contributed by atoms with E-state index in [2.05, 4.69) is 4.90 Å². The molecule has 1 aromatic carbocycles. The summed E-state index contributed by atoms with van der Waals surface area (Å²) in [6.45, 7) is 2.19. The van der Waals surface area contributed by atoms with Crippen LogP contribution >= 0.6 is 0 Å². The van der Waals surface area contributed by atoms with Crippen molar-refractivity contribution in [2.75, 3.05) is 20.2 Å². The lowest BCUT2D eigenvalue weighted by atomic mass is 9.85. The Labute approximate surface area is 133 Å². The first-order chi connectivity index (χ1) is 10.8. The molecule has 0 bridgehead atoms. The Kier molecular flexibility index (Phi) is 5.48. The predicted octanol–water partition coefficient (Wildman–Crippen LogP) is 4.04. The van der Waals surface area contributed by atoms with Gasteiger partial charge in [0, 0.05) is 32.2 Å². The van der Waals surface area contributed by atoms with E-state index in [-0.39, 0.29) is 11.9 Å². The van der Waals surface area contributed by atoms with E-state index < -0.39 is 0 Å². The van der Waals surface area contributed by atoms with Gasteiger partial charge >= 0.3 is 0 Å². The van der Waals surface area contributed by atoms with Crippen molar-refractivity contribution >= 4 is 0 Å². The molecule has 0 unspecified atom stereocenters. The summed E-state index contributed by atoms with van der Waals surface area (Å²) in [5.41, 5.74) is 0.833. The van der Waals surface area contributed by atoms with Gasteiger partial charge in [0.1, 0.15) is 5.82 Å². The van der Waals surface area contributed by atoms with Gasteiger partial charge in [-0.05, 0) is 37.3 Å². The number of hydrogen-bond donors (Lipinski definition) is 0. The first-order valence-electron chi connectivity index (χ1n) is 8.78. The molecular weight excluding hydrogens is 277 g/mol. The van der Waals surface area contributed by atoms with Gasteiger partial charge in [-0.25, -0.2) is 4.39 Å². The summed E-state index contributed by atoms with van der Waals surface area (Å²) in [6.07, 6.45) is 8.93. The minimum Gasteiger partial charge on any atom is -0.381 e. The van der Waals surface area contributed by atoms with E-state index in [0.717, 1.165) is 37.5 Å². The topological polar surface area (TPSA) is 12.5 Å². The van der Waals surface area contributed by atoms with Gasteiger partial charge < -0.3 is 4.74 Å². The molecule has 0 N–H and O–H groups in total. The van der Waals surface area contributed by atoms with Crippen molar-refractivity contribution in [3.63, 3.8) is 0 Å². The van der Waals surface area contributed by atoms with Crippen molar-refractivity contribution in [2.24, 2.45) is 5.92 Å². The zero-order valence-electron chi connectivity index (χ0n) is 13.6. The summed E-state index contributed by atoms with van der Waals surface area (Å²) >= 11 is 0. The molecule has 3 heteroatoms. The Bertz CT molecular complexity index is 472. The van der Waals surface area contributed by atoms with Crippen LogP contribution in [0.3, 0.4) is 0 Å². The van der Waals surface area contributed by atoms with Gasteiger partial charge in [-0.2, -0.15) is 0 Å². The van der Waals surface area contributed by atoms with Crippen LogP contribution < -0.4 is 0 Å². The number of likely N-dealkylation sites (tertiary alicyclic amines) is 1. The quantitative estimate of drug-likeness (QED) is 0.832. The molecule has 1 aromatic rings. The fourth-order valence-electron chi connectivity index (χ4n) is 4.27. The zero-order chi connectivity index (χ0) is 15.4. The summed E-state index contributed by atoms with van der Waals surface area (Å²) in [7, 11) is 1.80. The normalized spacial score (nSPS) is 27.9. The van der Waals surface area contributed by atoms with Crippen LogP contribution in [0.4, 0.5) is 4.39 Å². The molecule has 1 aliphatic heterocycles. The first-order valence-corrected chi connectivity index (χ1v) is 8.78. The van der Waals surface area contributed by atoms with Crippen molar-refractivity contribution in [1.82, 2.24) is 4.90 Å². The Morgan fingerprint density at radius 3 is 2.64 bits per heavy atom. The van der Waals surface area contributed by atoms with E-state index in [1.165, 1.54) is 32.1 Å². The molecule has 0 spiro atoms. The maximum absolute atomic E-state index is 14.0. The van der Waals surface area contributed by atoms with Gasteiger partial charge in [0.25, 0.3) is 0 Å². The molecule has 22 heavy (non-hydrogen) atoms. The molecule has 1 saturated heterocycles. The average molecular weight is 305 g/mol. The third kappa shape index (κ3) is 3.69. The third-order valence-corrected chi connectivity index (χ3v) is 5.53. The fraction of sp³-hybridized carbons (Fsp3) is 0.684. The molecule has 3 rings (SSSR count). The maximum Gasteiger partial charge on any atom is 0.126 e. The van der Waals surface area contributed by atoms with Crippen molar-refractivity contribution in [2.45, 2.75) is 57.1 Å². The Morgan fingerprint density at radius 2 is 1.91 bits per heavy atom. The summed E-state index contributed by atoms with van der Waals surface area (Å²) in [4.78, 5) is 2.65. The monoisotopic (exact) mass is 305 g/mol.